The van der Waals surface area contributed by atoms with Crippen LogP contribution in [0.15, 0.2) is 36.0 Å². The largest absolute Gasteiger partial charge is 0.497 e. The van der Waals surface area contributed by atoms with Crippen LogP contribution in [0.2, 0.25) is 0 Å². The summed E-state index contributed by atoms with van der Waals surface area (Å²) in [6.07, 6.45) is 1.65. The summed E-state index contributed by atoms with van der Waals surface area (Å²) in [7, 11) is 1.59. The number of nitrogens with two attached hydrogens (primary N) is 1. The Hall–Kier alpha value is -2.48. The van der Waals surface area contributed by atoms with E-state index < -0.39 is 5.97 Å². The summed E-state index contributed by atoms with van der Waals surface area (Å²) in [5.41, 5.74) is 6.63. The van der Waals surface area contributed by atoms with E-state index in [1.807, 2.05) is 12.1 Å². The summed E-state index contributed by atoms with van der Waals surface area (Å²) >= 11 is 0. The van der Waals surface area contributed by atoms with Crippen molar-refractivity contribution in [1.29, 1.82) is 5.26 Å². The molecule has 1 rings (SSSR count). The zero-order chi connectivity index (χ0) is 15.0. The third-order valence-electron chi connectivity index (χ3n) is 2.67. The number of allylic oxidation sites excluding steroid dienone is 1. The lowest BCUT2D eigenvalue weighted by molar-refractivity contribution is -0.137. The topological polar surface area (TPSA) is 85.3 Å². The van der Waals surface area contributed by atoms with Crippen molar-refractivity contribution in [3.63, 3.8) is 0 Å². The van der Waals surface area contributed by atoms with Gasteiger partial charge >= 0.3 is 5.97 Å². The van der Waals surface area contributed by atoms with Crippen LogP contribution >= 0.6 is 0 Å². The number of rotatable bonds is 6. The summed E-state index contributed by atoms with van der Waals surface area (Å²) in [4.78, 5) is 11.3. The molecule has 0 heterocycles. The number of carbonyl (C=O) groups excluding carboxylic acids is 1. The van der Waals surface area contributed by atoms with Gasteiger partial charge in [0.15, 0.2) is 0 Å². The molecule has 0 aromatic heterocycles. The molecule has 0 aliphatic rings. The fourth-order valence-corrected chi connectivity index (χ4v) is 1.65. The Morgan fingerprint density at radius 2 is 2.10 bits per heavy atom. The first kappa shape index (κ1) is 15.6. The van der Waals surface area contributed by atoms with E-state index in [1.54, 1.807) is 26.2 Å². The van der Waals surface area contributed by atoms with Gasteiger partial charge in [-0.25, -0.2) is 4.79 Å². The molecule has 1 aromatic carbocycles. The molecule has 2 N–H and O–H groups in total. The average molecular weight is 274 g/mol. The molecule has 106 valence electrons. The molecule has 0 fully saturated rings. The van der Waals surface area contributed by atoms with E-state index in [-0.39, 0.29) is 12.5 Å². The minimum absolute atomic E-state index is 0.173. The second-order valence-corrected chi connectivity index (χ2v) is 4.30. The molecule has 1 aromatic rings. The number of esters is 1. The van der Waals surface area contributed by atoms with Gasteiger partial charge in [-0.15, -0.1) is 0 Å². The Balaban J connectivity index is 2.53. The van der Waals surface area contributed by atoms with Crippen molar-refractivity contribution in [3.05, 3.63) is 41.6 Å². The summed E-state index contributed by atoms with van der Waals surface area (Å²) < 4.78 is 10.0. The predicted octanol–water partition coefficient (Wildman–Crippen LogP) is 2.10. The van der Waals surface area contributed by atoms with Crippen LogP contribution in [0.4, 0.5) is 0 Å². The molecule has 0 amide bonds. The van der Waals surface area contributed by atoms with Crippen molar-refractivity contribution < 1.29 is 14.3 Å². The minimum atomic E-state index is -0.489. The van der Waals surface area contributed by atoms with Gasteiger partial charge in [-0.05, 0) is 24.6 Å². The first-order valence-electron chi connectivity index (χ1n) is 6.21. The van der Waals surface area contributed by atoms with Gasteiger partial charge in [0.1, 0.15) is 5.75 Å². The highest BCUT2D eigenvalue weighted by Crippen LogP contribution is 2.21. The molecule has 0 bridgehead atoms. The van der Waals surface area contributed by atoms with E-state index in [9.17, 15) is 4.79 Å². The summed E-state index contributed by atoms with van der Waals surface area (Å²) in [6, 6.07) is 9.46. The zero-order valence-corrected chi connectivity index (χ0v) is 11.6. The van der Waals surface area contributed by atoms with E-state index in [4.69, 9.17) is 20.5 Å². The van der Waals surface area contributed by atoms with Gasteiger partial charge in [0, 0.05) is 18.2 Å². The summed E-state index contributed by atoms with van der Waals surface area (Å²) in [6.45, 7) is 1.78. The molecule has 0 aliphatic heterocycles. The van der Waals surface area contributed by atoms with Crippen LogP contribution in [0.25, 0.3) is 0 Å². The first-order valence-corrected chi connectivity index (χ1v) is 6.21. The number of ether oxygens (including phenoxy) is 2. The third kappa shape index (κ3) is 5.02. The second kappa shape index (κ2) is 7.85. The molecule has 1 unspecified atom stereocenters. The average Bonchev–Trinajstić information content (AvgIpc) is 2.43. The van der Waals surface area contributed by atoms with Gasteiger partial charge in [0.2, 0.25) is 0 Å². The molecule has 0 saturated carbocycles. The molecule has 0 spiro atoms. The monoisotopic (exact) mass is 274 g/mol. The van der Waals surface area contributed by atoms with Gasteiger partial charge in [0.05, 0.1) is 25.7 Å². The number of benzene rings is 1. The lowest BCUT2D eigenvalue weighted by atomic mass is 9.98. The standard InChI is InChI=1S/C15H18N2O3/c1-11(17)9-15(18)20-8-7-13(10-16)12-3-5-14(19-2)6-4-12/h3-6,9,13H,7-8,17H2,1-2H3/b11-9-. The number of carbonyl (C=O) groups is 1. The fourth-order valence-electron chi connectivity index (χ4n) is 1.65. The van der Waals surface area contributed by atoms with Crippen LogP contribution < -0.4 is 10.5 Å². The van der Waals surface area contributed by atoms with Gasteiger partial charge in [-0.2, -0.15) is 5.26 Å². The Kier molecular flexibility index (Phi) is 6.11. The van der Waals surface area contributed by atoms with Crippen molar-refractivity contribution in [2.75, 3.05) is 13.7 Å². The van der Waals surface area contributed by atoms with Crippen LogP contribution in [0.5, 0.6) is 5.75 Å². The van der Waals surface area contributed by atoms with Crippen LogP contribution in [0.1, 0.15) is 24.8 Å². The molecule has 0 saturated heterocycles. The SMILES string of the molecule is COc1ccc(C(C#N)CCOC(=O)/C=C(/C)N)cc1. The second-order valence-electron chi connectivity index (χ2n) is 4.30. The van der Waals surface area contributed by atoms with E-state index in [1.165, 1.54) is 6.08 Å². The van der Waals surface area contributed by atoms with Crippen molar-refractivity contribution in [1.82, 2.24) is 0 Å². The van der Waals surface area contributed by atoms with E-state index in [2.05, 4.69) is 6.07 Å². The minimum Gasteiger partial charge on any atom is -0.497 e. The van der Waals surface area contributed by atoms with Crippen LogP contribution in [-0.2, 0) is 9.53 Å². The highest BCUT2D eigenvalue weighted by atomic mass is 16.5. The molecule has 5 heteroatoms. The third-order valence-corrected chi connectivity index (χ3v) is 2.67. The number of methoxy groups -OCH3 is 1. The van der Waals surface area contributed by atoms with Gasteiger partial charge in [0.25, 0.3) is 0 Å². The Labute approximate surface area is 118 Å². The summed E-state index contributed by atoms with van der Waals surface area (Å²) in [5.74, 6) is -0.0755. The van der Waals surface area contributed by atoms with Gasteiger partial charge < -0.3 is 15.2 Å². The van der Waals surface area contributed by atoms with Gasteiger partial charge in [-0.3, -0.25) is 0 Å². The maximum atomic E-state index is 11.3. The first-order chi connectivity index (χ1) is 9.56. The number of hydrogen-bond donors (Lipinski definition) is 1. The van der Waals surface area contributed by atoms with Crippen molar-refractivity contribution in [3.8, 4) is 11.8 Å². The Morgan fingerprint density at radius 1 is 1.45 bits per heavy atom. The molecule has 1 atom stereocenters. The normalized spacial score (nSPS) is 12.3. The molecule has 20 heavy (non-hydrogen) atoms. The predicted molar refractivity (Wildman–Crippen MR) is 74.9 cm³/mol. The van der Waals surface area contributed by atoms with Crippen molar-refractivity contribution in [2.24, 2.45) is 5.73 Å². The highest BCUT2D eigenvalue weighted by molar-refractivity contribution is 5.82. The molecule has 0 aliphatic carbocycles. The zero-order valence-electron chi connectivity index (χ0n) is 11.6. The maximum absolute atomic E-state index is 11.3. The number of nitrogens with zero attached hydrogens (tertiary/aromatic N) is 1. The summed E-state index contributed by atoms with van der Waals surface area (Å²) in [5, 5.41) is 9.16. The number of nitriles is 1. The Morgan fingerprint density at radius 3 is 2.60 bits per heavy atom. The lowest BCUT2D eigenvalue weighted by Crippen LogP contribution is -2.08. The number of hydrogen-bond acceptors (Lipinski definition) is 5. The van der Waals surface area contributed by atoms with Crippen LogP contribution in [0.3, 0.4) is 0 Å². The fraction of sp³-hybridized carbons (Fsp3) is 0.333. The highest BCUT2D eigenvalue weighted by Gasteiger charge is 2.11. The van der Waals surface area contributed by atoms with E-state index >= 15 is 0 Å². The molecular formula is C15H18N2O3. The van der Waals surface area contributed by atoms with Crippen LogP contribution in [0, 0.1) is 11.3 Å². The van der Waals surface area contributed by atoms with Crippen LogP contribution in [-0.4, -0.2) is 19.7 Å². The van der Waals surface area contributed by atoms with Crippen molar-refractivity contribution in [2.45, 2.75) is 19.3 Å². The Bertz CT molecular complexity index is 511. The van der Waals surface area contributed by atoms with Crippen molar-refractivity contribution >= 4 is 5.97 Å². The smallest absolute Gasteiger partial charge is 0.332 e. The molecule has 0 radical (unpaired) electrons. The van der Waals surface area contributed by atoms with E-state index in [0.29, 0.717) is 12.1 Å². The quantitative estimate of drug-likeness (QED) is 0.634. The lowest BCUT2D eigenvalue weighted by Gasteiger charge is -2.10. The van der Waals surface area contributed by atoms with E-state index in [0.717, 1.165) is 11.3 Å². The molecule has 5 nitrogen and oxygen atoms in total. The maximum Gasteiger partial charge on any atom is 0.332 e. The van der Waals surface area contributed by atoms with Gasteiger partial charge in [-0.1, -0.05) is 12.1 Å². The molecular weight excluding hydrogens is 256 g/mol.